The molecule has 0 fully saturated rings. The normalized spacial score (nSPS) is 11.2. The van der Waals surface area contributed by atoms with Gasteiger partial charge in [-0.15, -0.1) is 0 Å². The van der Waals surface area contributed by atoms with Crippen molar-refractivity contribution in [3.05, 3.63) is 40.9 Å². The number of carbonyl (C=O) groups is 1. The van der Waals surface area contributed by atoms with Crippen LogP contribution in [0.4, 0.5) is 5.13 Å². The number of carbonyl (C=O) groups excluding carboxylic acids is 1. The van der Waals surface area contributed by atoms with Gasteiger partial charge in [-0.05, 0) is 25.5 Å². The number of aromatic nitrogens is 1. The summed E-state index contributed by atoms with van der Waals surface area (Å²) in [5.74, 6) is -0.234. The Labute approximate surface area is 133 Å². The maximum absolute atomic E-state index is 12.2. The molecule has 0 unspecified atom stereocenters. The Morgan fingerprint density at radius 1 is 1.27 bits per heavy atom. The van der Waals surface area contributed by atoms with E-state index in [1.165, 1.54) is 12.1 Å². The van der Waals surface area contributed by atoms with Crippen LogP contribution in [-0.2, 0) is 10.0 Å². The zero-order valence-corrected chi connectivity index (χ0v) is 13.9. The van der Waals surface area contributed by atoms with E-state index in [-0.39, 0.29) is 15.9 Å². The molecule has 1 aromatic heterocycles. The Morgan fingerprint density at radius 3 is 2.59 bits per heavy atom. The average Bonchev–Trinajstić information content (AvgIpc) is 2.85. The van der Waals surface area contributed by atoms with Gasteiger partial charge in [-0.2, -0.15) is 0 Å². The van der Waals surface area contributed by atoms with E-state index >= 15 is 0 Å². The number of anilines is 1. The summed E-state index contributed by atoms with van der Waals surface area (Å²) in [5.41, 5.74) is 0.504. The lowest BCUT2D eigenvalue weighted by Crippen LogP contribution is -2.23. The zero-order chi connectivity index (χ0) is 16.2. The second kappa shape index (κ2) is 6.89. The van der Waals surface area contributed by atoms with E-state index in [0.717, 1.165) is 17.8 Å². The van der Waals surface area contributed by atoms with Crippen molar-refractivity contribution >= 4 is 32.4 Å². The number of amides is 1. The summed E-state index contributed by atoms with van der Waals surface area (Å²) in [4.78, 5) is 16.6. The second-order valence-electron chi connectivity index (χ2n) is 4.61. The van der Waals surface area contributed by atoms with Crippen LogP contribution in [0.25, 0.3) is 0 Å². The largest absolute Gasteiger partial charge is 0.351 e. The Kier molecular flexibility index (Phi) is 5.15. The van der Waals surface area contributed by atoms with E-state index in [1.54, 1.807) is 25.1 Å². The summed E-state index contributed by atoms with van der Waals surface area (Å²) in [6.07, 6.45) is 0.830. The summed E-state index contributed by atoms with van der Waals surface area (Å²) in [6, 6.07) is 8.02. The summed E-state index contributed by atoms with van der Waals surface area (Å²) in [6.45, 7) is 4.21. The minimum absolute atomic E-state index is 0.153. The molecule has 0 aliphatic heterocycles. The van der Waals surface area contributed by atoms with Gasteiger partial charge in [-0.3, -0.25) is 9.52 Å². The smallest absolute Gasteiger partial charge is 0.263 e. The topological polar surface area (TPSA) is 88.2 Å². The molecule has 0 aliphatic carbocycles. The molecule has 22 heavy (non-hydrogen) atoms. The lowest BCUT2D eigenvalue weighted by molar-refractivity contribution is 0.0957. The fourth-order valence-corrected chi connectivity index (χ4v) is 3.88. The van der Waals surface area contributed by atoms with Crippen molar-refractivity contribution in [2.75, 3.05) is 11.3 Å². The molecule has 0 aliphatic rings. The van der Waals surface area contributed by atoms with Crippen LogP contribution in [-0.4, -0.2) is 25.9 Å². The SMILES string of the molecule is CCCNC(=O)c1sc(NS(=O)(=O)c2ccccc2)nc1C. The van der Waals surface area contributed by atoms with E-state index in [0.29, 0.717) is 17.1 Å². The molecule has 2 aromatic rings. The number of hydrogen-bond donors (Lipinski definition) is 2. The second-order valence-corrected chi connectivity index (χ2v) is 7.29. The summed E-state index contributed by atoms with van der Waals surface area (Å²) in [7, 11) is -3.69. The minimum atomic E-state index is -3.69. The molecule has 118 valence electrons. The van der Waals surface area contributed by atoms with E-state index in [1.807, 2.05) is 6.92 Å². The standard InChI is InChI=1S/C14H17N3O3S2/c1-3-9-15-13(18)12-10(2)16-14(21-12)17-22(19,20)11-7-5-4-6-8-11/h4-8H,3,9H2,1-2H3,(H,15,18)(H,16,17). The van der Waals surface area contributed by atoms with Gasteiger partial charge in [0.1, 0.15) is 4.88 Å². The number of nitrogens with one attached hydrogen (secondary N) is 2. The van der Waals surface area contributed by atoms with Gasteiger partial charge in [0.15, 0.2) is 5.13 Å². The molecule has 0 saturated carbocycles. The first kappa shape index (κ1) is 16.4. The van der Waals surface area contributed by atoms with Crippen molar-refractivity contribution in [1.82, 2.24) is 10.3 Å². The maximum atomic E-state index is 12.2. The fraction of sp³-hybridized carbons (Fsp3) is 0.286. The first-order valence-electron chi connectivity index (χ1n) is 6.77. The maximum Gasteiger partial charge on any atom is 0.263 e. The first-order chi connectivity index (χ1) is 10.4. The quantitative estimate of drug-likeness (QED) is 0.846. The third kappa shape index (κ3) is 3.83. The number of nitrogens with zero attached hydrogens (tertiary/aromatic N) is 1. The van der Waals surface area contributed by atoms with Gasteiger partial charge in [-0.1, -0.05) is 36.5 Å². The molecular formula is C14H17N3O3S2. The molecule has 0 spiro atoms. The molecule has 0 atom stereocenters. The van der Waals surface area contributed by atoms with Crippen LogP contribution in [0.3, 0.4) is 0 Å². The number of benzene rings is 1. The first-order valence-corrected chi connectivity index (χ1v) is 9.07. The zero-order valence-electron chi connectivity index (χ0n) is 12.3. The number of hydrogen-bond acceptors (Lipinski definition) is 5. The van der Waals surface area contributed by atoms with E-state index < -0.39 is 10.0 Å². The number of thiazole rings is 1. The van der Waals surface area contributed by atoms with Gasteiger partial charge in [-0.25, -0.2) is 13.4 Å². The molecular weight excluding hydrogens is 322 g/mol. The highest BCUT2D eigenvalue weighted by molar-refractivity contribution is 7.93. The van der Waals surface area contributed by atoms with Crippen LogP contribution in [0.2, 0.25) is 0 Å². The summed E-state index contributed by atoms with van der Waals surface area (Å²) in [5, 5.41) is 2.93. The molecule has 2 rings (SSSR count). The highest BCUT2D eigenvalue weighted by Crippen LogP contribution is 2.25. The van der Waals surface area contributed by atoms with E-state index in [2.05, 4.69) is 15.0 Å². The van der Waals surface area contributed by atoms with Gasteiger partial charge in [0, 0.05) is 6.54 Å². The van der Waals surface area contributed by atoms with Crippen molar-refractivity contribution in [1.29, 1.82) is 0 Å². The predicted molar refractivity (Wildman–Crippen MR) is 86.7 cm³/mol. The Balaban J connectivity index is 2.19. The number of aryl methyl sites for hydroxylation is 1. The summed E-state index contributed by atoms with van der Waals surface area (Å²) < 4.78 is 26.8. The molecule has 0 saturated heterocycles. The third-order valence-corrected chi connectivity index (χ3v) is 5.37. The van der Waals surface area contributed by atoms with Gasteiger partial charge in [0.2, 0.25) is 0 Å². The summed E-state index contributed by atoms with van der Waals surface area (Å²) >= 11 is 1.03. The van der Waals surface area contributed by atoms with E-state index in [9.17, 15) is 13.2 Å². The minimum Gasteiger partial charge on any atom is -0.351 e. The van der Waals surface area contributed by atoms with Crippen molar-refractivity contribution in [2.24, 2.45) is 0 Å². The number of sulfonamides is 1. The van der Waals surface area contributed by atoms with Crippen LogP contribution in [0.5, 0.6) is 0 Å². The Bertz CT molecular complexity index is 755. The molecule has 6 nitrogen and oxygen atoms in total. The van der Waals surface area contributed by atoms with Gasteiger partial charge < -0.3 is 5.32 Å². The lowest BCUT2D eigenvalue weighted by atomic mass is 10.3. The van der Waals surface area contributed by atoms with Crippen molar-refractivity contribution in [3.8, 4) is 0 Å². The molecule has 1 heterocycles. The van der Waals surface area contributed by atoms with Crippen molar-refractivity contribution in [2.45, 2.75) is 25.2 Å². The van der Waals surface area contributed by atoms with Crippen LogP contribution < -0.4 is 10.0 Å². The van der Waals surface area contributed by atoms with Crippen LogP contribution in [0.1, 0.15) is 28.7 Å². The highest BCUT2D eigenvalue weighted by Gasteiger charge is 2.19. The monoisotopic (exact) mass is 339 g/mol. The van der Waals surface area contributed by atoms with Crippen LogP contribution in [0, 0.1) is 6.92 Å². The Hall–Kier alpha value is -1.93. The molecule has 1 aromatic carbocycles. The molecule has 1 amide bonds. The van der Waals surface area contributed by atoms with Crippen molar-refractivity contribution in [3.63, 3.8) is 0 Å². The fourth-order valence-electron chi connectivity index (χ4n) is 1.74. The average molecular weight is 339 g/mol. The highest BCUT2D eigenvalue weighted by atomic mass is 32.2. The van der Waals surface area contributed by atoms with Gasteiger partial charge in [0.05, 0.1) is 10.6 Å². The van der Waals surface area contributed by atoms with Crippen LogP contribution >= 0.6 is 11.3 Å². The lowest BCUT2D eigenvalue weighted by Gasteiger charge is -2.04. The van der Waals surface area contributed by atoms with Gasteiger partial charge in [0.25, 0.3) is 15.9 Å². The molecule has 0 bridgehead atoms. The molecule has 0 radical (unpaired) electrons. The predicted octanol–water partition coefficient (Wildman–Crippen LogP) is 2.39. The Morgan fingerprint density at radius 2 is 1.95 bits per heavy atom. The van der Waals surface area contributed by atoms with Crippen LogP contribution in [0.15, 0.2) is 35.2 Å². The molecule has 2 N–H and O–H groups in total. The van der Waals surface area contributed by atoms with E-state index in [4.69, 9.17) is 0 Å². The van der Waals surface area contributed by atoms with Crippen molar-refractivity contribution < 1.29 is 13.2 Å². The van der Waals surface area contributed by atoms with Gasteiger partial charge >= 0.3 is 0 Å². The molecule has 8 heteroatoms. The number of rotatable bonds is 6. The third-order valence-electron chi connectivity index (χ3n) is 2.81.